The number of aromatic nitrogens is 1. The van der Waals surface area contributed by atoms with Gasteiger partial charge in [0.15, 0.2) is 5.58 Å². The molecule has 0 aliphatic heterocycles. The molecule has 0 spiro atoms. The van der Waals surface area contributed by atoms with Crippen LogP contribution in [0.1, 0.15) is 0 Å². The second-order valence-electron chi connectivity index (χ2n) is 14.0. The summed E-state index contributed by atoms with van der Waals surface area (Å²) in [5.41, 5.74) is 11.9. The normalized spacial score (nSPS) is 11.6. The molecular formula is C51H32N2O2. The second-order valence-corrected chi connectivity index (χ2v) is 14.0. The molecule has 0 amide bonds. The Morgan fingerprint density at radius 3 is 1.71 bits per heavy atom. The van der Waals surface area contributed by atoms with Crippen molar-refractivity contribution in [2.45, 2.75) is 0 Å². The predicted molar refractivity (Wildman–Crippen MR) is 227 cm³/mol. The lowest BCUT2D eigenvalue weighted by Gasteiger charge is -2.26. The Balaban J connectivity index is 1.02. The highest BCUT2D eigenvalue weighted by atomic mass is 16.3. The van der Waals surface area contributed by atoms with E-state index in [0.29, 0.717) is 5.89 Å². The van der Waals surface area contributed by atoms with Gasteiger partial charge in [-0.1, -0.05) is 121 Å². The maximum absolute atomic E-state index is 6.61. The van der Waals surface area contributed by atoms with Crippen molar-refractivity contribution < 1.29 is 8.83 Å². The van der Waals surface area contributed by atoms with Crippen LogP contribution in [0.4, 0.5) is 17.1 Å². The SMILES string of the molecule is c1ccc(-c2ccc(N(c3ccc(-c4ccc5ccccc5c4)cc3)c3ccc4c(c3)oc3cccc(-c5nc6cc7ccccc7cc6o5)c34)cc2)cc1. The van der Waals surface area contributed by atoms with Gasteiger partial charge in [-0.3, -0.25) is 0 Å². The van der Waals surface area contributed by atoms with Gasteiger partial charge >= 0.3 is 0 Å². The van der Waals surface area contributed by atoms with E-state index in [9.17, 15) is 0 Å². The third-order valence-electron chi connectivity index (χ3n) is 10.7. The molecule has 2 aromatic heterocycles. The van der Waals surface area contributed by atoms with E-state index in [1.54, 1.807) is 0 Å². The molecule has 0 unspecified atom stereocenters. The Hall–Kier alpha value is -7.43. The molecule has 0 saturated heterocycles. The van der Waals surface area contributed by atoms with Gasteiger partial charge in [0.1, 0.15) is 16.7 Å². The van der Waals surface area contributed by atoms with Crippen molar-refractivity contribution in [3.05, 3.63) is 194 Å². The van der Waals surface area contributed by atoms with Crippen molar-refractivity contribution >= 4 is 71.6 Å². The van der Waals surface area contributed by atoms with Gasteiger partial charge in [-0.2, -0.15) is 0 Å². The van der Waals surface area contributed by atoms with Crippen molar-refractivity contribution in [1.29, 1.82) is 0 Å². The van der Waals surface area contributed by atoms with Crippen LogP contribution in [0, 0.1) is 0 Å². The number of benzene rings is 9. The van der Waals surface area contributed by atoms with Gasteiger partial charge in [0.25, 0.3) is 0 Å². The number of rotatable bonds is 6. The number of fused-ring (bicyclic) bond motifs is 6. The van der Waals surface area contributed by atoms with Crippen LogP contribution in [0.15, 0.2) is 203 Å². The molecule has 258 valence electrons. The van der Waals surface area contributed by atoms with Gasteiger partial charge < -0.3 is 13.7 Å². The van der Waals surface area contributed by atoms with E-state index in [-0.39, 0.29) is 0 Å². The van der Waals surface area contributed by atoms with Crippen LogP contribution in [-0.4, -0.2) is 4.98 Å². The van der Waals surface area contributed by atoms with Gasteiger partial charge in [-0.05, 0) is 111 Å². The molecule has 4 heteroatoms. The van der Waals surface area contributed by atoms with E-state index in [2.05, 4.69) is 169 Å². The maximum Gasteiger partial charge on any atom is 0.228 e. The number of nitrogens with zero attached hydrogens (tertiary/aromatic N) is 2. The van der Waals surface area contributed by atoms with E-state index in [0.717, 1.165) is 66.4 Å². The highest BCUT2D eigenvalue weighted by Crippen LogP contribution is 2.42. The first kappa shape index (κ1) is 31.1. The highest BCUT2D eigenvalue weighted by Gasteiger charge is 2.20. The lowest BCUT2D eigenvalue weighted by atomic mass is 10.0. The molecule has 55 heavy (non-hydrogen) atoms. The minimum absolute atomic E-state index is 0.578. The second kappa shape index (κ2) is 12.6. The third-order valence-corrected chi connectivity index (χ3v) is 10.7. The fourth-order valence-electron chi connectivity index (χ4n) is 7.91. The quantitative estimate of drug-likeness (QED) is 0.173. The first-order valence-corrected chi connectivity index (χ1v) is 18.5. The summed E-state index contributed by atoms with van der Waals surface area (Å²) in [6, 6.07) is 68.2. The standard InChI is InChI=1S/C51H32N2O2/c1-2-9-33(10-3-1)35-19-23-41(24-20-35)53(42-25-21-36(22-26-42)40-18-17-34-11-4-5-12-37(34)29-40)43-27-28-44-48(32-43)54-47-16-8-15-45(50(44)47)51-52-46-30-38-13-6-7-14-39(38)31-49(46)55-51/h1-32H. The zero-order chi connectivity index (χ0) is 36.3. The molecule has 0 bridgehead atoms. The highest BCUT2D eigenvalue weighted by molar-refractivity contribution is 6.13. The van der Waals surface area contributed by atoms with Crippen molar-refractivity contribution in [2.24, 2.45) is 0 Å². The molecule has 4 nitrogen and oxygen atoms in total. The first-order chi connectivity index (χ1) is 27.2. The van der Waals surface area contributed by atoms with E-state index < -0.39 is 0 Å². The predicted octanol–water partition coefficient (Wildman–Crippen LogP) is 14.5. The summed E-state index contributed by atoms with van der Waals surface area (Å²) in [5.74, 6) is 0.578. The molecule has 0 atom stereocenters. The van der Waals surface area contributed by atoms with Crippen LogP contribution in [0.5, 0.6) is 0 Å². The Morgan fingerprint density at radius 2 is 0.964 bits per heavy atom. The largest absolute Gasteiger partial charge is 0.456 e. The summed E-state index contributed by atoms with van der Waals surface area (Å²) in [5, 5.41) is 6.72. The minimum Gasteiger partial charge on any atom is -0.456 e. The Kier molecular flexibility index (Phi) is 7.14. The molecule has 0 radical (unpaired) electrons. The summed E-state index contributed by atoms with van der Waals surface area (Å²) >= 11 is 0. The van der Waals surface area contributed by atoms with E-state index in [4.69, 9.17) is 13.8 Å². The molecule has 0 saturated carbocycles. The number of oxazole rings is 1. The zero-order valence-electron chi connectivity index (χ0n) is 29.7. The van der Waals surface area contributed by atoms with Gasteiger partial charge in [0.2, 0.25) is 5.89 Å². The molecule has 9 aromatic carbocycles. The summed E-state index contributed by atoms with van der Waals surface area (Å²) in [4.78, 5) is 7.24. The number of furan rings is 1. The van der Waals surface area contributed by atoms with Crippen LogP contribution in [0.3, 0.4) is 0 Å². The molecule has 0 aliphatic rings. The van der Waals surface area contributed by atoms with Crippen molar-refractivity contribution in [1.82, 2.24) is 4.98 Å². The fourth-order valence-corrected chi connectivity index (χ4v) is 7.91. The van der Waals surface area contributed by atoms with Crippen molar-refractivity contribution in [2.75, 3.05) is 4.90 Å². The van der Waals surface area contributed by atoms with Gasteiger partial charge in [0, 0.05) is 39.5 Å². The van der Waals surface area contributed by atoms with Gasteiger partial charge in [-0.15, -0.1) is 0 Å². The number of hydrogen-bond acceptors (Lipinski definition) is 4. The smallest absolute Gasteiger partial charge is 0.228 e. The summed E-state index contributed by atoms with van der Waals surface area (Å²) in [6.45, 7) is 0. The van der Waals surface area contributed by atoms with Crippen molar-refractivity contribution in [3.8, 4) is 33.7 Å². The Morgan fingerprint density at radius 1 is 0.364 bits per heavy atom. The van der Waals surface area contributed by atoms with Gasteiger partial charge in [0.05, 0.1) is 0 Å². The lowest BCUT2D eigenvalue weighted by molar-refractivity contribution is 0.620. The molecule has 2 heterocycles. The summed E-state index contributed by atoms with van der Waals surface area (Å²) < 4.78 is 13.0. The van der Waals surface area contributed by atoms with E-state index in [1.807, 2.05) is 30.3 Å². The number of hydrogen-bond donors (Lipinski definition) is 0. The van der Waals surface area contributed by atoms with Crippen LogP contribution >= 0.6 is 0 Å². The Labute approximate surface area is 317 Å². The Bertz CT molecular complexity index is 3140. The van der Waals surface area contributed by atoms with E-state index in [1.165, 1.54) is 33.0 Å². The fraction of sp³-hybridized carbons (Fsp3) is 0. The molecule has 11 rings (SSSR count). The average Bonchev–Trinajstić information content (AvgIpc) is 3.84. The topological polar surface area (TPSA) is 42.4 Å². The van der Waals surface area contributed by atoms with Crippen molar-refractivity contribution in [3.63, 3.8) is 0 Å². The average molecular weight is 705 g/mol. The molecule has 0 N–H and O–H groups in total. The monoisotopic (exact) mass is 704 g/mol. The maximum atomic E-state index is 6.61. The zero-order valence-corrected chi connectivity index (χ0v) is 29.7. The van der Waals surface area contributed by atoms with Crippen LogP contribution in [0.25, 0.3) is 88.3 Å². The minimum atomic E-state index is 0.578. The van der Waals surface area contributed by atoms with Crippen LogP contribution < -0.4 is 4.90 Å². The third kappa shape index (κ3) is 5.43. The molecule has 11 aromatic rings. The summed E-state index contributed by atoms with van der Waals surface area (Å²) in [7, 11) is 0. The molecular weight excluding hydrogens is 673 g/mol. The lowest BCUT2D eigenvalue weighted by Crippen LogP contribution is -2.09. The first-order valence-electron chi connectivity index (χ1n) is 18.5. The van der Waals surface area contributed by atoms with Crippen LogP contribution in [0.2, 0.25) is 0 Å². The van der Waals surface area contributed by atoms with E-state index >= 15 is 0 Å². The molecule has 0 fully saturated rings. The summed E-state index contributed by atoms with van der Waals surface area (Å²) in [6.07, 6.45) is 0. The van der Waals surface area contributed by atoms with Gasteiger partial charge in [-0.25, -0.2) is 4.98 Å². The van der Waals surface area contributed by atoms with Crippen LogP contribution in [-0.2, 0) is 0 Å². The molecule has 0 aliphatic carbocycles. The number of anilines is 3.